The van der Waals surface area contributed by atoms with Gasteiger partial charge in [-0.05, 0) is 72.7 Å². The van der Waals surface area contributed by atoms with Crippen molar-refractivity contribution in [2.75, 3.05) is 6.61 Å². The number of benzene rings is 3. The van der Waals surface area contributed by atoms with Gasteiger partial charge in [-0.15, -0.1) is 0 Å². The molecule has 0 radical (unpaired) electrons. The Morgan fingerprint density at radius 3 is 1.71 bits per heavy atom. The van der Waals surface area contributed by atoms with Gasteiger partial charge in [-0.2, -0.15) is 0 Å². The average molecular weight is 557 g/mol. The summed E-state index contributed by atoms with van der Waals surface area (Å²) >= 11 is 0. The fraction of sp³-hybridized carbons (Fsp3) is 0.500. The molecule has 0 aliphatic carbocycles. The van der Waals surface area contributed by atoms with Crippen molar-refractivity contribution in [1.82, 2.24) is 0 Å². The molecule has 3 aromatic rings. The minimum atomic E-state index is -0.347. The first-order chi connectivity index (χ1) is 20.1. The summed E-state index contributed by atoms with van der Waals surface area (Å²) in [7, 11) is 0. The number of rotatable bonds is 20. The number of carbonyl (C=O) groups excluding carboxylic acids is 1. The Bertz CT molecular complexity index is 1100. The zero-order valence-corrected chi connectivity index (χ0v) is 25.8. The van der Waals surface area contributed by atoms with E-state index >= 15 is 0 Å². The molecule has 1 unspecified atom stereocenters. The smallest absolute Gasteiger partial charge is 0.343 e. The zero-order valence-electron chi connectivity index (χ0n) is 25.8. The van der Waals surface area contributed by atoms with Crippen LogP contribution in [0.1, 0.15) is 132 Å². The van der Waals surface area contributed by atoms with Crippen molar-refractivity contribution >= 4 is 5.97 Å². The maximum atomic E-state index is 12.7. The monoisotopic (exact) mass is 556 g/mol. The quantitative estimate of drug-likeness (QED) is 0.0788. The molecule has 41 heavy (non-hydrogen) atoms. The van der Waals surface area contributed by atoms with Crippen LogP contribution in [0.25, 0.3) is 11.1 Å². The lowest BCUT2D eigenvalue weighted by atomic mass is 10.00. The Morgan fingerprint density at radius 1 is 0.610 bits per heavy atom. The molecule has 0 saturated carbocycles. The number of aryl methyl sites for hydroxylation is 1. The van der Waals surface area contributed by atoms with Crippen molar-refractivity contribution < 1.29 is 14.3 Å². The summed E-state index contributed by atoms with van der Waals surface area (Å²) in [6.45, 7) is 7.29. The number of carbonyl (C=O) groups is 1. The molecule has 0 bridgehead atoms. The minimum absolute atomic E-state index is 0.0259. The molecule has 222 valence electrons. The summed E-state index contributed by atoms with van der Waals surface area (Å²) in [6, 6.07) is 24.2. The Kier molecular flexibility index (Phi) is 15.3. The third-order valence-corrected chi connectivity index (χ3v) is 7.90. The van der Waals surface area contributed by atoms with Crippen LogP contribution in [-0.2, 0) is 11.2 Å². The number of esters is 1. The van der Waals surface area contributed by atoms with Crippen molar-refractivity contribution in [1.29, 1.82) is 0 Å². The van der Waals surface area contributed by atoms with E-state index < -0.39 is 0 Å². The van der Waals surface area contributed by atoms with Gasteiger partial charge in [0, 0.05) is 6.61 Å². The molecular weight excluding hydrogens is 504 g/mol. The van der Waals surface area contributed by atoms with E-state index in [0.717, 1.165) is 30.6 Å². The highest BCUT2D eigenvalue weighted by Crippen LogP contribution is 2.24. The molecule has 0 amide bonds. The van der Waals surface area contributed by atoms with E-state index in [0.29, 0.717) is 11.3 Å². The highest BCUT2D eigenvalue weighted by atomic mass is 16.5. The molecule has 0 aliphatic rings. The van der Waals surface area contributed by atoms with Gasteiger partial charge in [-0.3, -0.25) is 0 Å². The van der Waals surface area contributed by atoms with Crippen LogP contribution in [0.15, 0.2) is 72.8 Å². The lowest BCUT2D eigenvalue weighted by molar-refractivity contribution is 0.0629. The van der Waals surface area contributed by atoms with Crippen LogP contribution >= 0.6 is 0 Å². The summed E-state index contributed by atoms with van der Waals surface area (Å²) in [5, 5.41) is 0. The van der Waals surface area contributed by atoms with Crippen LogP contribution in [0.2, 0.25) is 0 Å². The van der Waals surface area contributed by atoms with Crippen LogP contribution in [0.5, 0.6) is 5.75 Å². The van der Waals surface area contributed by atoms with Gasteiger partial charge in [0.05, 0.1) is 11.7 Å². The second-order valence-electron chi connectivity index (χ2n) is 11.4. The van der Waals surface area contributed by atoms with Crippen molar-refractivity contribution in [3.63, 3.8) is 0 Å². The molecule has 0 N–H and O–H groups in total. The molecule has 0 spiro atoms. The van der Waals surface area contributed by atoms with Crippen LogP contribution < -0.4 is 4.74 Å². The Labute approximate surface area is 249 Å². The standard InChI is InChI=1S/C38H52O3/c1-4-6-8-9-10-11-12-13-14-15-17-32-18-20-34(21-19-32)35-22-24-36(25-23-35)38(39)41-37-28-26-33(27-29-37)31(3)40-30-16-7-5-2/h18-29,31H,4-17,30H2,1-3H3. The van der Waals surface area contributed by atoms with Gasteiger partial charge in [-0.1, -0.05) is 133 Å². The van der Waals surface area contributed by atoms with Crippen LogP contribution in [-0.4, -0.2) is 12.6 Å². The molecule has 0 saturated heterocycles. The molecule has 0 aliphatic heterocycles. The van der Waals surface area contributed by atoms with E-state index in [2.05, 4.69) is 45.0 Å². The fourth-order valence-electron chi connectivity index (χ4n) is 5.16. The lowest BCUT2D eigenvalue weighted by Crippen LogP contribution is -2.08. The fourth-order valence-corrected chi connectivity index (χ4v) is 5.16. The predicted octanol–water partition coefficient (Wildman–Crippen LogP) is 11.3. The predicted molar refractivity (Wildman–Crippen MR) is 173 cm³/mol. The molecule has 1 atom stereocenters. The number of unbranched alkanes of at least 4 members (excludes halogenated alkanes) is 11. The Morgan fingerprint density at radius 2 is 1.12 bits per heavy atom. The summed E-state index contributed by atoms with van der Waals surface area (Å²) in [6.07, 6.45) is 18.3. The zero-order chi connectivity index (χ0) is 29.1. The Balaban J connectivity index is 1.38. The second kappa shape index (κ2) is 19.3. The van der Waals surface area contributed by atoms with Gasteiger partial charge < -0.3 is 9.47 Å². The first-order valence-corrected chi connectivity index (χ1v) is 16.2. The molecule has 3 aromatic carbocycles. The maximum absolute atomic E-state index is 12.7. The third-order valence-electron chi connectivity index (χ3n) is 7.90. The van der Waals surface area contributed by atoms with E-state index in [1.165, 1.54) is 88.2 Å². The van der Waals surface area contributed by atoms with Gasteiger partial charge in [0.2, 0.25) is 0 Å². The maximum Gasteiger partial charge on any atom is 0.343 e. The van der Waals surface area contributed by atoms with E-state index in [1.54, 1.807) is 0 Å². The molecule has 0 heterocycles. The first-order valence-electron chi connectivity index (χ1n) is 16.2. The summed E-state index contributed by atoms with van der Waals surface area (Å²) in [5.41, 5.74) is 5.29. The van der Waals surface area contributed by atoms with E-state index in [-0.39, 0.29) is 12.1 Å². The third kappa shape index (κ3) is 12.2. The van der Waals surface area contributed by atoms with E-state index in [1.807, 2.05) is 48.5 Å². The van der Waals surface area contributed by atoms with Gasteiger partial charge in [-0.25, -0.2) is 4.79 Å². The number of ether oxygens (including phenoxy) is 2. The molecule has 3 nitrogen and oxygen atoms in total. The molecule has 0 aromatic heterocycles. The van der Waals surface area contributed by atoms with E-state index in [4.69, 9.17) is 9.47 Å². The SMILES string of the molecule is CCCCCCCCCCCCc1ccc(-c2ccc(C(=O)Oc3ccc(C(C)OCCCCC)cc3)cc2)cc1. The van der Waals surface area contributed by atoms with Gasteiger partial charge in [0.15, 0.2) is 0 Å². The molecule has 3 rings (SSSR count). The van der Waals surface area contributed by atoms with Crippen molar-refractivity contribution in [2.45, 2.75) is 117 Å². The van der Waals surface area contributed by atoms with Crippen molar-refractivity contribution in [3.8, 4) is 16.9 Å². The Hall–Kier alpha value is -2.91. The van der Waals surface area contributed by atoms with Crippen LogP contribution in [0.4, 0.5) is 0 Å². The van der Waals surface area contributed by atoms with Crippen LogP contribution in [0, 0.1) is 0 Å². The van der Waals surface area contributed by atoms with Gasteiger partial charge >= 0.3 is 5.97 Å². The summed E-state index contributed by atoms with van der Waals surface area (Å²) < 4.78 is 11.5. The topological polar surface area (TPSA) is 35.5 Å². The highest BCUT2D eigenvalue weighted by Gasteiger charge is 2.11. The largest absolute Gasteiger partial charge is 0.423 e. The summed E-state index contributed by atoms with van der Waals surface area (Å²) in [4.78, 5) is 12.7. The van der Waals surface area contributed by atoms with Crippen molar-refractivity contribution in [2.24, 2.45) is 0 Å². The van der Waals surface area contributed by atoms with Gasteiger partial charge in [0.25, 0.3) is 0 Å². The normalized spacial score (nSPS) is 11.9. The van der Waals surface area contributed by atoms with Gasteiger partial charge in [0.1, 0.15) is 5.75 Å². The number of hydrogen-bond acceptors (Lipinski definition) is 3. The first kappa shape index (κ1) is 32.6. The average Bonchev–Trinajstić information content (AvgIpc) is 3.01. The second-order valence-corrected chi connectivity index (χ2v) is 11.4. The molecule has 3 heteroatoms. The van der Waals surface area contributed by atoms with E-state index in [9.17, 15) is 4.79 Å². The van der Waals surface area contributed by atoms with Crippen molar-refractivity contribution in [3.05, 3.63) is 89.5 Å². The minimum Gasteiger partial charge on any atom is -0.423 e. The molecule has 0 fully saturated rings. The highest BCUT2D eigenvalue weighted by molar-refractivity contribution is 5.91. The lowest BCUT2D eigenvalue weighted by Gasteiger charge is -2.14. The van der Waals surface area contributed by atoms with Crippen LogP contribution in [0.3, 0.4) is 0 Å². The molecular formula is C38H52O3. The number of hydrogen-bond donors (Lipinski definition) is 0. The summed E-state index contributed by atoms with van der Waals surface area (Å²) in [5.74, 6) is 0.194.